The molecule has 1 heterocycles. The van der Waals surface area contributed by atoms with Crippen LogP contribution in [0.2, 0.25) is 0 Å². The minimum atomic E-state index is -0.499. The van der Waals surface area contributed by atoms with Crippen LogP contribution in [0, 0.1) is 12.8 Å². The number of anilines is 1. The number of aryl methyl sites for hydroxylation is 1. The number of carbonyl (C=O) groups is 3. The molecular formula is C22H26N2O4S. The van der Waals surface area contributed by atoms with Crippen LogP contribution in [-0.4, -0.2) is 23.9 Å². The predicted molar refractivity (Wildman–Crippen MR) is 113 cm³/mol. The fourth-order valence-electron chi connectivity index (χ4n) is 2.98. The van der Waals surface area contributed by atoms with Crippen molar-refractivity contribution in [1.29, 1.82) is 0 Å². The number of carbonyl (C=O) groups excluding carboxylic acids is 3. The van der Waals surface area contributed by atoms with Gasteiger partial charge in [0.05, 0.1) is 28.4 Å². The van der Waals surface area contributed by atoms with Crippen molar-refractivity contribution in [3.63, 3.8) is 0 Å². The number of ether oxygens (including phenoxy) is 1. The Morgan fingerprint density at radius 2 is 1.86 bits per heavy atom. The molecule has 0 aliphatic heterocycles. The second-order valence-electron chi connectivity index (χ2n) is 7.57. The Balaban J connectivity index is 1.72. The van der Waals surface area contributed by atoms with Crippen molar-refractivity contribution < 1.29 is 19.1 Å². The summed E-state index contributed by atoms with van der Waals surface area (Å²) in [6, 6.07) is 10.7. The normalized spacial score (nSPS) is 14.3. The predicted octanol–water partition coefficient (Wildman–Crippen LogP) is 4.22. The van der Waals surface area contributed by atoms with Crippen LogP contribution in [0.3, 0.4) is 0 Å². The second-order valence-corrected chi connectivity index (χ2v) is 8.62. The standard InChI is InChI=1S/C22H26N2O4S/c1-13(2)28-19(25)12-17(15-7-5-4-6-8-15)23-22(27)20-14(3)11-18(29-20)24-21(26)16-9-10-16/h4-8,11,13,16-17H,9-10,12H2,1-3H3,(H,23,27)(H,24,26). The van der Waals surface area contributed by atoms with Crippen molar-refractivity contribution in [2.45, 2.75) is 52.2 Å². The summed E-state index contributed by atoms with van der Waals surface area (Å²) in [5.41, 5.74) is 1.62. The van der Waals surface area contributed by atoms with Gasteiger partial charge in [-0.05, 0) is 50.8 Å². The average Bonchev–Trinajstić information content (AvgIpc) is 3.45. The molecule has 1 aromatic carbocycles. The van der Waals surface area contributed by atoms with E-state index in [0.29, 0.717) is 9.88 Å². The average molecular weight is 415 g/mol. The third-order valence-corrected chi connectivity index (χ3v) is 5.72. The maximum atomic E-state index is 12.9. The summed E-state index contributed by atoms with van der Waals surface area (Å²) in [6.07, 6.45) is 1.68. The SMILES string of the molecule is Cc1cc(NC(=O)C2CC2)sc1C(=O)NC(CC(=O)OC(C)C)c1ccccc1. The van der Waals surface area contributed by atoms with E-state index in [4.69, 9.17) is 4.74 Å². The zero-order valence-electron chi connectivity index (χ0n) is 16.9. The van der Waals surface area contributed by atoms with Crippen LogP contribution >= 0.6 is 11.3 Å². The van der Waals surface area contributed by atoms with Gasteiger partial charge in [-0.3, -0.25) is 14.4 Å². The fourth-order valence-corrected chi connectivity index (χ4v) is 3.96. The minimum Gasteiger partial charge on any atom is -0.463 e. The molecule has 154 valence electrons. The highest BCUT2D eigenvalue weighted by Gasteiger charge is 2.30. The van der Waals surface area contributed by atoms with Crippen LogP contribution < -0.4 is 10.6 Å². The summed E-state index contributed by atoms with van der Waals surface area (Å²) in [5.74, 6) is -0.527. The summed E-state index contributed by atoms with van der Waals surface area (Å²) >= 11 is 1.25. The molecule has 1 fully saturated rings. The molecule has 2 aromatic rings. The lowest BCUT2D eigenvalue weighted by Gasteiger charge is -2.19. The molecule has 2 amide bonds. The molecule has 1 aliphatic rings. The van der Waals surface area contributed by atoms with E-state index in [1.807, 2.05) is 43.3 Å². The van der Waals surface area contributed by atoms with Crippen LogP contribution in [0.4, 0.5) is 5.00 Å². The molecule has 0 saturated heterocycles. The van der Waals surface area contributed by atoms with E-state index in [2.05, 4.69) is 10.6 Å². The molecule has 1 saturated carbocycles. The Hall–Kier alpha value is -2.67. The van der Waals surface area contributed by atoms with Crippen LogP contribution in [0.1, 0.15) is 60.0 Å². The fraction of sp³-hybridized carbons (Fsp3) is 0.409. The highest BCUT2D eigenvalue weighted by molar-refractivity contribution is 7.18. The molecule has 0 bridgehead atoms. The van der Waals surface area contributed by atoms with Gasteiger partial charge < -0.3 is 15.4 Å². The largest absolute Gasteiger partial charge is 0.463 e. The van der Waals surface area contributed by atoms with Crippen molar-refractivity contribution >= 4 is 34.1 Å². The van der Waals surface area contributed by atoms with Gasteiger partial charge in [0.2, 0.25) is 5.91 Å². The minimum absolute atomic E-state index is 0.0109. The molecule has 1 unspecified atom stereocenters. The first-order valence-electron chi connectivity index (χ1n) is 9.80. The maximum Gasteiger partial charge on any atom is 0.308 e. The molecule has 0 radical (unpaired) electrons. The Labute approximate surface area is 174 Å². The van der Waals surface area contributed by atoms with Crippen LogP contribution in [0.5, 0.6) is 0 Å². The summed E-state index contributed by atoms with van der Waals surface area (Å²) < 4.78 is 5.25. The Kier molecular flexibility index (Phi) is 6.69. The van der Waals surface area contributed by atoms with Crippen molar-refractivity contribution in [3.05, 3.63) is 52.4 Å². The van der Waals surface area contributed by atoms with Gasteiger partial charge in [0, 0.05) is 5.92 Å². The van der Waals surface area contributed by atoms with Crippen molar-refractivity contribution in [2.75, 3.05) is 5.32 Å². The molecular weight excluding hydrogens is 388 g/mol. The first-order valence-corrected chi connectivity index (χ1v) is 10.6. The van der Waals surface area contributed by atoms with Crippen molar-refractivity contribution in [3.8, 4) is 0 Å². The molecule has 6 nitrogen and oxygen atoms in total. The Morgan fingerprint density at radius 3 is 2.48 bits per heavy atom. The van der Waals surface area contributed by atoms with E-state index < -0.39 is 6.04 Å². The monoisotopic (exact) mass is 414 g/mol. The lowest BCUT2D eigenvalue weighted by Crippen LogP contribution is -2.31. The van der Waals surface area contributed by atoms with E-state index in [1.54, 1.807) is 13.8 Å². The highest BCUT2D eigenvalue weighted by Crippen LogP contribution is 2.33. The lowest BCUT2D eigenvalue weighted by molar-refractivity contribution is -0.148. The topological polar surface area (TPSA) is 84.5 Å². The van der Waals surface area contributed by atoms with Crippen LogP contribution in [0.25, 0.3) is 0 Å². The second kappa shape index (κ2) is 9.22. The number of nitrogens with one attached hydrogen (secondary N) is 2. The van der Waals surface area contributed by atoms with Gasteiger partial charge in [-0.1, -0.05) is 30.3 Å². The smallest absolute Gasteiger partial charge is 0.308 e. The zero-order valence-corrected chi connectivity index (χ0v) is 17.7. The van der Waals surface area contributed by atoms with Gasteiger partial charge in [0.15, 0.2) is 0 Å². The maximum absolute atomic E-state index is 12.9. The Morgan fingerprint density at radius 1 is 1.17 bits per heavy atom. The number of hydrogen-bond donors (Lipinski definition) is 2. The number of thiophene rings is 1. The summed E-state index contributed by atoms with van der Waals surface area (Å²) in [5, 5.41) is 6.51. The number of esters is 1. The Bertz CT molecular complexity index is 887. The molecule has 1 aromatic heterocycles. The third kappa shape index (κ3) is 5.90. The molecule has 1 aliphatic carbocycles. The number of benzene rings is 1. The molecule has 3 rings (SSSR count). The molecule has 2 N–H and O–H groups in total. The number of rotatable bonds is 8. The molecule has 7 heteroatoms. The van der Waals surface area contributed by atoms with E-state index in [0.717, 1.165) is 24.0 Å². The first-order chi connectivity index (χ1) is 13.8. The van der Waals surface area contributed by atoms with Gasteiger partial charge in [-0.15, -0.1) is 11.3 Å². The van der Waals surface area contributed by atoms with E-state index in [1.165, 1.54) is 11.3 Å². The van der Waals surface area contributed by atoms with Gasteiger partial charge in [0.1, 0.15) is 0 Å². The van der Waals surface area contributed by atoms with Crippen molar-refractivity contribution in [2.24, 2.45) is 5.92 Å². The quantitative estimate of drug-likeness (QED) is 0.634. The van der Waals surface area contributed by atoms with Gasteiger partial charge >= 0.3 is 5.97 Å². The molecule has 1 atom stereocenters. The number of amides is 2. The first kappa shape index (κ1) is 21.0. The van der Waals surface area contributed by atoms with Gasteiger partial charge in [0.25, 0.3) is 5.91 Å². The highest BCUT2D eigenvalue weighted by atomic mass is 32.1. The molecule has 0 spiro atoms. The van der Waals surface area contributed by atoms with Gasteiger partial charge in [-0.2, -0.15) is 0 Å². The summed E-state index contributed by atoms with van der Waals surface area (Å²) in [7, 11) is 0. The third-order valence-electron chi connectivity index (χ3n) is 4.56. The summed E-state index contributed by atoms with van der Waals surface area (Å²) in [6.45, 7) is 5.42. The van der Waals surface area contributed by atoms with Crippen molar-refractivity contribution in [1.82, 2.24) is 5.32 Å². The number of hydrogen-bond acceptors (Lipinski definition) is 5. The molecule has 29 heavy (non-hydrogen) atoms. The van der Waals surface area contributed by atoms with Gasteiger partial charge in [-0.25, -0.2) is 0 Å². The summed E-state index contributed by atoms with van der Waals surface area (Å²) in [4.78, 5) is 37.6. The van der Waals surface area contributed by atoms with E-state index in [-0.39, 0.29) is 36.2 Å². The zero-order chi connectivity index (χ0) is 21.0. The van der Waals surface area contributed by atoms with E-state index in [9.17, 15) is 14.4 Å². The van der Waals surface area contributed by atoms with E-state index >= 15 is 0 Å². The van der Waals surface area contributed by atoms with Crippen LogP contribution in [-0.2, 0) is 14.3 Å². The van der Waals surface area contributed by atoms with Crippen LogP contribution in [0.15, 0.2) is 36.4 Å². The lowest BCUT2D eigenvalue weighted by atomic mass is 10.0.